The number of nitrogens with one attached hydrogen (secondary N) is 1. The van der Waals surface area contributed by atoms with Crippen LogP contribution in [0.2, 0.25) is 0 Å². The van der Waals surface area contributed by atoms with E-state index >= 15 is 0 Å². The minimum atomic E-state index is -0.630. The summed E-state index contributed by atoms with van der Waals surface area (Å²) < 4.78 is 5.70. The fraction of sp³-hybridized carbons (Fsp3) is 0.850. The second-order valence-corrected chi connectivity index (χ2v) is 17.1. The van der Waals surface area contributed by atoms with Gasteiger partial charge >= 0.3 is 6.09 Å². The molecule has 1 aliphatic heterocycles. The van der Waals surface area contributed by atoms with E-state index in [9.17, 15) is 19.8 Å². The van der Waals surface area contributed by atoms with Gasteiger partial charge in [-0.15, -0.1) is 0 Å². The molecule has 1 saturated heterocycles. The predicted octanol–water partition coefficient (Wildman–Crippen LogP) is 7.66. The van der Waals surface area contributed by atoms with Crippen molar-refractivity contribution in [3.05, 3.63) is 23.3 Å². The lowest BCUT2D eigenvalue weighted by atomic mass is 9.47. The van der Waals surface area contributed by atoms with Gasteiger partial charge in [-0.3, -0.25) is 4.79 Å². The van der Waals surface area contributed by atoms with Crippen LogP contribution in [0.4, 0.5) is 4.79 Å². The Morgan fingerprint density at radius 2 is 1.89 bits per heavy atom. The number of aliphatic hydroxyl groups is 2. The summed E-state index contributed by atoms with van der Waals surface area (Å²) in [5.41, 5.74) is 4.08. The second kappa shape index (κ2) is 15.8. The van der Waals surface area contributed by atoms with Gasteiger partial charge in [-0.2, -0.15) is 0 Å². The zero-order valence-corrected chi connectivity index (χ0v) is 30.3. The molecule has 3 N–H and O–H groups in total. The normalized spacial score (nSPS) is 36.9. The molecule has 266 valence electrons. The smallest absolute Gasteiger partial charge is 0.407 e. The van der Waals surface area contributed by atoms with Crippen LogP contribution in [0.3, 0.4) is 0 Å². The van der Waals surface area contributed by atoms with E-state index < -0.39 is 6.10 Å². The van der Waals surface area contributed by atoms with Crippen LogP contribution in [0, 0.1) is 52.3 Å². The molecular weight excluding hydrogens is 588 g/mol. The number of ether oxygens (including phenoxy) is 1. The summed E-state index contributed by atoms with van der Waals surface area (Å²) >= 11 is 0. The predicted molar refractivity (Wildman–Crippen MR) is 187 cm³/mol. The highest BCUT2D eigenvalue weighted by Crippen LogP contribution is 2.67. The zero-order valence-electron chi connectivity index (χ0n) is 30.3. The van der Waals surface area contributed by atoms with Crippen LogP contribution in [-0.2, 0) is 9.53 Å². The Morgan fingerprint density at radius 1 is 1.09 bits per heavy atom. The van der Waals surface area contributed by atoms with Crippen LogP contribution >= 0.6 is 0 Å². The monoisotopic (exact) mass is 654 g/mol. The molecule has 7 nitrogen and oxygen atoms in total. The van der Waals surface area contributed by atoms with Crippen LogP contribution in [0.1, 0.15) is 125 Å². The molecule has 1 heterocycles. The highest BCUT2D eigenvalue weighted by molar-refractivity contribution is 5.76. The SMILES string of the molecule is C/C(=C/CCC(C)C)[C@H]1CCC2C3CC=C4C[C@@H](COC(=O)NCCCCCC(=O)N5CC(O)C(CO)C5)CC[C@]4(C)C3CC[C@@]21C. The fourth-order valence-corrected chi connectivity index (χ4v) is 10.8. The van der Waals surface area contributed by atoms with Gasteiger partial charge in [0.2, 0.25) is 5.91 Å². The standard InChI is InChI=1S/C40H66N2O5/c1-27(2)10-9-11-28(3)33-15-16-34-32-14-13-31-22-29(17-19-39(31,4)35(32)18-20-40(33,34)5)26-47-38(46)41-21-8-6-7-12-37(45)42-23-30(25-43)36(44)24-42/h11,13,27,29-30,32-36,43-44H,6-10,12,14-26H2,1-5H3,(H,41,46)/b28-11-/t29-,30?,32?,33+,34?,35?,36?,39-,40+/m0/s1. The third kappa shape index (κ3) is 8.14. The first-order chi connectivity index (χ1) is 22.5. The van der Waals surface area contributed by atoms with E-state index in [0.717, 1.165) is 61.7 Å². The topological polar surface area (TPSA) is 99.1 Å². The maximum Gasteiger partial charge on any atom is 0.407 e. The lowest BCUT2D eigenvalue weighted by molar-refractivity contribution is -0.130. The number of alkyl carbamates (subject to hydrolysis) is 1. The molecule has 5 aliphatic rings. The van der Waals surface area contributed by atoms with Gasteiger partial charge in [0.15, 0.2) is 0 Å². The molecule has 7 heteroatoms. The van der Waals surface area contributed by atoms with Gasteiger partial charge in [-0.25, -0.2) is 4.79 Å². The summed E-state index contributed by atoms with van der Waals surface area (Å²) in [6.45, 7) is 14.0. The van der Waals surface area contributed by atoms with E-state index in [1.807, 2.05) is 0 Å². The molecule has 0 aromatic rings. The number of carbonyl (C=O) groups is 2. The summed E-state index contributed by atoms with van der Waals surface area (Å²) in [6.07, 6.45) is 19.8. The molecule has 0 bridgehead atoms. The molecule has 5 rings (SSSR count). The summed E-state index contributed by atoms with van der Waals surface area (Å²) in [5, 5.41) is 22.1. The van der Waals surface area contributed by atoms with Crippen molar-refractivity contribution in [3.8, 4) is 0 Å². The van der Waals surface area contributed by atoms with Gasteiger partial charge in [-0.05, 0) is 130 Å². The molecule has 4 fully saturated rings. The Morgan fingerprint density at radius 3 is 2.64 bits per heavy atom. The van der Waals surface area contributed by atoms with Gasteiger partial charge < -0.3 is 25.2 Å². The van der Waals surface area contributed by atoms with E-state index in [2.05, 4.69) is 52.1 Å². The number of fused-ring (bicyclic) bond motifs is 5. The van der Waals surface area contributed by atoms with E-state index in [0.29, 0.717) is 49.4 Å². The number of aliphatic hydroxyl groups excluding tert-OH is 2. The first kappa shape index (κ1) is 36.4. The molecule has 2 amide bonds. The summed E-state index contributed by atoms with van der Waals surface area (Å²) in [5.74, 6) is 4.20. The highest BCUT2D eigenvalue weighted by atomic mass is 16.5. The van der Waals surface area contributed by atoms with Crippen LogP contribution < -0.4 is 5.32 Å². The number of likely N-dealkylation sites (tertiary alicyclic amines) is 1. The summed E-state index contributed by atoms with van der Waals surface area (Å²) in [4.78, 5) is 26.5. The number of nitrogens with zero attached hydrogens (tertiary/aromatic N) is 1. The van der Waals surface area contributed by atoms with Gasteiger partial charge in [0.05, 0.1) is 19.3 Å². The summed E-state index contributed by atoms with van der Waals surface area (Å²) in [6, 6.07) is 0. The van der Waals surface area contributed by atoms with Gasteiger partial charge in [0, 0.05) is 32.0 Å². The lowest BCUT2D eigenvalue weighted by Crippen LogP contribution is -2.50. The third-order valence-corrected chi connectivity index (χ3v) is 13.7. The molecule has 4 aliphatic carbocycles. The Labute approximate surface area is 285 Å². The minimum absolute atomic E-state index is 0.0316. The number of hydrogen-bond donors (Lipinski definition) is 3. The van der Waals surface area contributed by atoms with Crippen molar-refractivity contribution in [2.24, 2.45) is 52.3 Å². The molecular formula is C40H66N2O5. The molecule has 47 heavy (non-hydrogen) atoms. The number of amides is 2. The van der Waals surface area contributed by atoms with Crippen LogP contribution in [0.15, 0.2) is 23.3 Å². The highest BCUT2D eigenvalue weighted by Gasteiger charge is 2.58. The van der Waals surface area contributed by atoms with Crippen molar-refractivity contribution in [1.82, 2.24) is 10.2 Å². The number of β-amino-alcohol motifs (C(OH)–C–C–N with tert-alkyl or cyclic N) is 1. The maximum absolute atomic E-state index is 12.5. The van der Waals surface area contributed by atoms with Crippen LogP contribution in [0.5, 0.6) is 0 Å². The second-order valence-electron chi connectivity index (χ2n) is 17.1. The van der Waals surface area contributed by atoms with E-state index in [1.165, 1.54) is 51.4 Å². The van der Waals surface area contributed by atoms with E-state index in [4.69, 9.17) is 4.74 Å². The number of rotatable bonds is 13. The number of allylic oxidation sites excluding steroid dienone is 4. The quantitative estimate of drug-likeness (QED) is 0.140. The Balaban J connectivity index is 1.02. The molecule has 3 saturated carbocycles. The first-order valence-corrected chi connectivity index (χ1v) is 19.3. The maximum atomic E-state index is 12.5. The first-order valence-electron chi connectivity index (χ1n) is 19.3. The van der Waals surface area contributed by atoms with Crippen molar-refractivity contribution in [1.29, 1.82) is 0 Å². The van der Waals surface area contributed by atoms with Crippen molar-refractivity contribution in [3.63, 3.8) is 0 Å². The minimum Gasteiger partial charge on any atom is -0.449 e. The number of unbranched alkanes of at least 4 members (excludes halogenated alkanes) is 2. The third-order valence-electron chi connectivity index (χ3n) is 13.7. The Hall–Kier alpha value is -1.86. The Kier molecular flexibility index (Phi) is 12.2. The van der Waals surface area contributed by atoms with Crippen molar-refractivity contribution in [2.75, 3.05) is 32.8 Å². The van der Waals surface area contributed by atoms with E-state index in [-0.39, 0.29) is 24.5 Å². The number of carbonyl (C=O) groups excluding carboxylic acids is 2. The van der Waals surface area contributed by atoms with Crippen molar-refractivity contribution >= 4 is 12.0 Å². The van der Waals surface area contributed by atoms with Gasteiger partial charge in [0.25, 0.3) is 0 Å². The van der Waals surface area contributed by atoms with Gasteiger partial charge in [0.1, 0.15) is 0 Å². The summed E-state index contributed by atoms with van der Waals surface area (Å²) in [7, 11) is 0. The average Bonchev–Trinajstić information content (AvgIpc) is 3.60. The van der Waals surface area contributed by atoms with Crippen molar-refractivity contribution < 1.29 is 24.5 Å². The van der Waals surface area contributed by atoms with Crippen molar-refractivity contribution in [2.45, 2.75) is 131 Å². The molecule has 0 radical (unpaired) electrons. The largest absolute Gasteiger partial charge is 0.449 e. The number of hydrogen-bond acceptors (Lipinski definition) is 5. The van der Waals surface area contributed by atoms with Crippen LogP contribution in [0.25, 0.3) is 0 Å². The lowest BCUT2D eigenvalue weighted by Gasteiger charge is -2.58. The molecule has 0 aromatic heterocycles. The van der Waals surface area contributed by atoms with Crippen LogP contribution in [-0.4, -0.2) is 66.1 Å². The molecule has 5 unspecified atom stereocenters. The molecule has 0 aromatic carbocycles. The average molecular weight is 655 g/mol. The Bertz CT molecular complexity index is 1150. The molecule has 9 atom stereocenters. The van der Waals surface area contributed by atoms with E-state index in [1.54, 1.807) is 16.0 Å². The fourth-order valence-electron chi connectivity index (χ4n) is 10.8. The molecule has 0 spiro atoms. The zero-order chi connectivity index (χ0) is 33.8. The van der Waals surface area contributed by atoms with Gasteiger partial charge in [-0.1, -0.05) is 57.4 Å².